The van der Waals surface area contributed by atoms with Gasteiger partial charge in [-0.25, -0.2) is 0 Å². The topological polar surface area (TPSA) is 3.24 Å². The van der Waals surface area contributed by atoms with Gasteiger partial charge in [-0.05, 0) is 73.0 Å². The first kappa shape index (κ1) is 14.7. The Labute approximate surface area is 139 Å². The summed E-state index contributed by atoms with van der Waals surface area (Å²) in [5.74, 6) is 0.720. The van der Waals surface area contributed by atoms with E-state index in [-0.39, 0.29) is 0 Å². The summed E-state index contributed by atoms with van der Waals surface area (Å²) < 4.78 is 0. The Morgan fingerprint density at radius 3 is 2.43 bits per heavy atom. The Morgan fingerprint density at radius 2 is 1.65 bits per heavy atom. The molecule has 1 aliphatic heterocycles. The van der Waals surface area contributed by atoms with Crippen molar-refractivity contribution in [2.75, 3.05) is 20.1 Å². The molecule has 1 aliphatic carbocycles. The van der Waals surface area contributed by atoms with Gasteiger partial charge in [-0.15, -0.1) is 0 Å². The molecule has 2 aromatic carbocycles. The van der Waals surface area contributed by atoms with E-state index >= 15 is 0 Å². The predicted molar refractivity (Wildman–Crippen MR) is 97.6 cm³/mol. The zero-order valence-corrected chi connectivity index (χ0v) is 14.0. The molecule has 0 spiro atoms. The molecule has 23 heavy (non-hydrogen) atoms. The first-order valence-electron chi connectivity index (χ1n) is 8.84. The second-order valence-corrected chi connectivity index (χ2v) is 7.11. The van der Waals surface area contributed by atoms with E-state index in [2.05, 4.69) is 66.6 Å². The van der Waals surface area contributed by atoms with E-state index in [1.54, 1.807) is 5.57 Å². The summed E-state index contributed by atoms with van der Waals surface area (Å²) >= 11 is 0. The summed E-state index contributed by atoms with van der Waals surface area (Å²) in [5.41, 5.74) is 7.56. The Hall–Kier alpha value is -1.86. The Balaban J connectivity index is 1.73. The number of benzene rings is 2. The average Bonchev–Trinajstić information content (AvgIpc) is 2.97. The summed E-state index contributed by atoms with van der Waals surface area (Å²) in [6.07, 6.45) is 7.27. The van der Waals surface area contributed by atoms with Crippen molar-refractivity contribution in [2.45, 2.75) is 25.7 Å². The SMILES string of the molecule is CN1CCC(/C=C2/CCc3ccccc3Cc3ccccc32)C1. The molecule has 1 unspecified atom stereocenters. The number of fused-ring (bicyclic) bond motifs is 2. The van der Waals surface area contributed by atoms with Crippen LogP contribution in [0.2, 0.25) is 0 Å². The maximum atomic E-state index is 2.58. The molecule has 0 aromatic heterocycles. The molecule has 0 saturated carbocycles. The van der Waals surface area contributed by atoms with Gasteiger partial charge in [0.25, 0.3) is 0 Å². The van der Waals surface area contributed by atoms with Crippen LogP contribution in [-0.4, -0.2) is 25.0 Å². The minimum Gasteiger partial charge on any atom is -0.306 e. The van der Waals surface area contributed by atoms with E-state index in [4.69, 9.17) is 0 Å². The number of hydrogen-bond acceptors (Lipinski definition) is 1. The van der Waals surface area contributed by atoms with Crippen LogP contribution in [0.25, 0.3) is 5.57 Å². The van der Waals surface area contributed by atoms with E-state index in [9.17, 15) is 0 Å². The van der Waals surface area contributed by atoms with Gasteiger partial charge in [0, 0.05) is 6.54 Å². The number of rotatable bonds is 1. The Kier molecular flexibility index (Phi) is 4.05. The molecule has 1 nitrogen and oxygen atoms in total. The van der Waals surface area contributed by atoms with Crippen LogP contribution in [0.3, 0.4) is 0 Å². The van der Waals surface area contributed by atoms with Crippen LogP contribution < -0.4 is 0 Å². The zero-order valence-electron chi connectivity index (χ0n) is 14.0. The molecule has 0 amide bonds. The standard InChI is InChI=1S/C22H25N/c1-23-13-12-17(16-23)14-21-11-10-18-6-2-3-7-19(18)15-20-8-4-5-9-22(20)21/h2-9,14,17H,10-13,15-16H2,1H3/b21-14-. The van der Waals surface area contributed by atoms with Gasteiger partial charge in [0.15, 0.2) is 0 Å². The molecule has 1 fully saturated rings. The predicted octanol–water partition coefficient (Wildman–Crippen LogP) is 4.56. The highest BCUT2D eigenvalue weighted by Gasteiger charge is 2.20. The minimum atomic E-state index is 0.720. The molecule has 118 valence electrons. The number of nitrogens with zero attached hydrogens (tertiary/aromatic N) is 1. The molecule has 0 radical (unpaired) electrons. The van der Waals surface area contributed by atoms with Crippen molar-refractivity contribution in [3.05, 3.63) is 76.9 Å². The van der Waals surface area contributed by atoms with E-state index < -0.39 is 0 Å². The van der Waals surface area contributed by atoms with Crippen molar-refractivity contribution in [1.82, 2.24) is 4.90 Å². The lowest BCUT2D eigenvalue weighted by Gasteiger charge is -2.20. The highest BCUT2D eigenvalue weighted by molar-refractivity contribution is 5.70. The van der Waals surface area contributed by atoms with Gasteiger partial charge in [0.2, 0.25) is 0 Å². The lowest BCUT2D eigenvalue weighted by molar-refractivity contribution is 0.408. The van der Waals surface area contributed by atoms with E-state index in [0.717, 1.165) is 18.8 Å². The summed E-state index contributed by atoms with van der Waals surface area (Å²) in [7, 11) is 2.24. The van der Waals surface area contributed by atoms with E-state index in [1.807, 2.05) is 0 Å². The molecular weight excluding hydrogens is 278 g/mol. The third-order valence-corrected chi connectivity index (χ3v) is 5.39. The summed E-state index contributed by atoms with van der Waals surface area (Å²) in [5, 5.41) is 0. The Bertz CT molecular complexity index is 728. The molecule has 0 bridgehead atoms. The Morgan fingerprint density at radius 1 is 0.913 bits per heavy atom. The van der Waals surface area contributed by atoms with Crippen LogP contribution in [-0.2, 0) is 12.8 Å². The number of allylic oxidation sites excluding steroid dienone is 1. The smallest absolute Gasteiger partial charge is 0.00420 e. The third-order valence-electron chi connectivity index (χ3n) is 5.39. The summed E-state index contributed by atoms with van der Waals surface area (Å²) in [6, 6.07) is 18.0. The lowest BCUT2D eigenvalue weighted by Crippen LogP contribution is -2.13. The molecule has 2 aromatic rings. The van der Waals surface area contributed by atoms with Crippen molar-refractivity contribution in [2.24, 2.45) is 5.92 Å². The van der Waals surface area contributed by atoms with E-state index in [0.29, 0.717) is 0 Å². The fourth-order valence-electron chi connectivity index (χ4n) is 4.13. The highest BCUT2D eigenvalue weighted by atomic mass is 15.1. The second-order valence-electron chi connectivity index (χ2n) is 7.11. The lowest BCUT2D eigenvalue weighted by atomic mass is 9.84. The third kappa shape index (κ3) is 3.11. The van der Waals surface area contributed by atoms with Crippen LogP contribution in [0.15, 0.2) is 54.6 Å². The highest BCUT2D eigenvalue weighted by Crippen LogP contribution is 2.32. The normalized spacial score (nSPS) is 23.2. The molecule has 1 heteroatoms. The largest absolute Gasteiger partial charge is 0.306 e. The molecule has 1 saturated heterocycles. The maximum absolute atomic E-state index is 2.58. The fourth-order valence-corrected chi connectivity index (χ4v) is 4.13. The zero-order chi connectivity index (χ0) is 15.6. The van der Waals surface area contributed by atoms with Crippen molar-refractivity contribution in [1.29, 1.82) is 0 Å². The van der Waals surface area contributed by atoms with Crippen molar-refractivity contribution >= 4 is 5.57 Å². The van der Waals surface area contributed by atoms with Crippen LogP contribution in [0, 0.1) is 5.92 Å². The molecule has 4 rings (SSSR count). The summed E-state index contributed by atoms with van der Waals surface area (Å²) in [4.78, 5) is 2.45. The monoisotopic (exact) mass is 303 g/mol. The van der Waals surface area contributed by atoms with Crippen LogP contribution in [0.4, 0.5) is 0 Å². The van der Waals surface area contributed by atoms with Gasteiger partial charge < -0.3 is 4.90 Å². The van der Waals surface area contributed by atoms with Gasteiger partial charge in [-0.3, -0.25) is 0 Å². The van der Waals surface area contributed by atoms with Gasteiger partial charge >= 0.3 is 0 Å². The quantitative estimate of drug-likeness (QED) is 0.746. The van der Waals surface area contributed by atoms with Crippen molar-refractivity contribution < 1.29 is 0 Å². The average molecular weight is 303 g/mol. The number of likely N-dealkylation sites (tertiary alicyclic amines) is 1. The summed E-state index contributed by atoms with van der Waals surface area (Å²) in [6.45, 7) is 2.45. The first-order chi connectivity index (χ1) is 11.3. The fraction of sp³-hybridized carbons (Fsp3) is 0.364. The first-order valence-corrected chi connectivity index (χ1v) is 8.84. The van der Waals surface area contributed by atoms with Crippen molar-refractivity contribution in [3.8, 4) is 0 Å². The van der Waals surface area contributed by atoms with Crippen LogP contribution in [0.1, 0.15) is 35.1 Å². The molecule has 1 atom stereocenters. The van der Waals surface area contributed by atoms with Gasteiger partial charge in [0.05, 0.1) is 0 Å². The number of hydrogen-bond donors (Lipinski definition) is 0. The van der Waals surface area contributed by atoms with E-state index in [1.165, 1.54) is 48.2 Å². The van der Waals surface area contributed by atoms with Crippen molar-refractivity contribution in [3.63, 3.8) is 0 Å². The molecule has 1 heterocycles. The van der Waals surface area contributed by atoms with Gasteiger partial charge in [0.1, 0.15) is 0 Å². The molecule has 0 N–H and O–H groups in total. The van der Waals surface area contributed by atoms with Gasteiger partial charge in [-0.1, -0.05) is 54.6 Å². The van der Waals surface area contributed by atoms with Gasteiger partial charge in [-0.2, -0.15) is 0 Å². The molecule has 2 aliphatic rings. The van der Waals surface area contributed by atoms with Crippen LogP contribution >= 0.6 is 0 Å². The van der Waals surface area contributed by atoms with Crippen LogP contribution in [0.5, 0.6) is 0 Å². The molecular formula is C22H25N. The second kappa shape index (κ2) is 6.33. The minimum absolute atomic E-state index is 0.720. The maximum Gasteiger partial charge on any atom is 0.00420 e. The number of aryl methyl sites for hydroxylation is 1.